The van der Waals surface area contributed by atoms with Gasteiger partial charge in [0.15, 0.2) is 0 Å². The largest absolute Gasteiger partial charge is 0.0928 e. The van der Waals surface area contributed by atoms with Crippen LogP contribution in [0.1, 0.15) is 33.1 Å². The number of hydrogen-bond acceptors (Lipinski definition) is 0. The highest BCUT2D eigenvalue weighted by molar-refractivity contribution is 9.09. The van der Waals surface area contributed by atoms with E-state index in [9.17, 15) is 0 Å². The highest BCUT2D eigenvalue weighted by atomic mass is 79.9. The lowest BCUT2D eigenvalue weighted by Crippen LogP contribution is -1.89. The Morgan fingerprint density at radius 2 is 2.11 bits per heavy atom. The van der Waals surface area contributed by atoms with Gasteiger partial charge in [-0.15, -0.1) is 0 Å². The lowest BCUT2D eigenvalue weighted by Gasteiger charge is -1.99. The summed E-state index contributed by atoms with van der Waals surface area (Å²) in [6, 6.07) is 0. The molecular formula is C8H15Br. The van der Waals surface area contributed by atoms with Gasteiger partial charge >= 0.3 is 0 Å². The molecule has 0 radical (unpaired) electrons. The lowest BCUT2D eigenvalue weighted by atomic mass is 10.1. The Kier molecular flexibility index (Phi) is 2.20. The molecule has 1 heteroatoms. The third-order valence-corrected chi connectivity index (χ3v) is 2.96. The number of hydrogen-bond donors (Lipinski definition) is 0. The van der Waals surface area contributed by atoms with Gasteiger partial charge in [0.2, 0.25) is 0 Å². The zero-order valence-electron chi connectivity index (χ0n) is 6.28. The first-order chi connectivity index (χ1) is 4.17. The zero-order chi connectivity index (χ0) is 6.91. The molecule has 0 aromatic rings. The number of alkyl halides is 1. The van der Waals surface area contributed by atoms with Gasteiger partial charge in [-0.05, 0) is 30.6 Å². The van der Waals surface area contributed by atoms with Gasteiger partial charge in [0.1, 0.15) is 0 Å². The predicted octanol–water partition coefficient (Wildman–Crippen LogP) is 3.21. The molecule has 1 aliphatic carbocycles. The first kappa shape index (κ1) is 7.59. The van der Waals surface area contributed by atoms with E-state index in [2.05, 4.69) is 29.8 Å². The van der Waals surface area contributed by atoms with Crippen LogP contribution in [0.3, 0.4) is 0 Å². The Hall–Kier alpha value is 0.480. The Bertz CT molecular complexity index is 96.7. The molecule has 0 aromatic carbocycles. The summed E-state index contributed by atoms with van der Waals surface area (Å²) in [5, 5.41) is 1.18. The van der Waals surface area contributed by atoms with Crippen LogP contribution in [0.5, 0.6) is 0 Å². The third-order valence-electron chi connectivity index (χ3n) is 2.40. The normalized spacial score (nSPS) is 30.3. The molecule has 0 bridgehead atoms. The molecule has 1 fully saturated rings. The summed E-state index contributed by atoms with van der Waals surface area (Å²) in [4.78, 5) is 0. The van der Waals surface area contributed by atoms with Crippen molar-refractivity contribution in [2.75, 3.05) is 5.33 Å². The Labute approximate surface area is 66.2 Å². The minimum atomic E-state index is 0.697. The molecule has 0 aromatic heterocycles. The maximum absolute atomic E-state index is 3.44. The van der Waals surface area contributed by atoms with Gasteiger partial charge in [-0.1, -0.05) is 29.8 Å². The summed E-state index contributed by atoms with van der Waals surface area (Å²) in [5.74, 6) is 1.04. The van der Waals surface area contributed by atoms with E-state index in [-0.39, 0.29) is 0 Å². The number of rotatable bonds is 3. The molecule has 1 rings (SSSR count). The SMILES string of the molecule is CC1(C)C[C@@H]1CCCBr. The summed E-state index contributed by atoms with van der Waals surface area (Å²) in [5.41, 5.74) is 0.697. The molecule has 0 aliphatic heterocycles. The van der Waals surface area contributed by atoms with Crippen LogP contribution in [0.2, 0.25) is 0 Å². The summed E-state index contributed by atoms with van der Waals surface area (Å²) >= 11 is 3.44. The second-order valence-corrected chi connectivity index (χ2v) is 4.51. The van der Waals surface area contributed by atoms with Gasteiger partial charge in [-0.25, -0.2) is 0 Å². The van der Waals surface area contributed by atoms with E-state index in [0.29, 0.717) is 5.41 Å². The zero-order valence-corrected chi connectivity index (χ0v) is 7.87. The fraction of sp³-hybridized carbons (Fsp3) is 1.00. The fourth-order valence-electron chi connectivity index (χ4n) is 1.39. The van der Waals surface area contributed by atoms with E-state index in [1.165, 1.54) is 24.6 Å². The van der Waals surface area contributed by atoms with Crippen LogP contribution in [-0.4, -0.2) is 5.33 Å². The van der Waals surface area contributed by atoms with Crippen LogP contribution in [0, 0.1) is 11.3 Å². The average molecular weight is 191 g/mol. The molecule has 0 N–H and O–H groups in total. The second-order valence-electron chi connectivity index (χ2n) is 3.72. The van der Waals surface area contributed by atoms with E-state index in [1.807, 2.05) is 0 Å². The van der Waals surface area contributed by atoms with Crippen molar-refractivity contribution in [2.45, 2.75) is 33.1 Å². The minimum Gasteiger partial charge on any atom is -0.0928 e. The Morgan fingerprint density at radius 3 is 2.44 bits per heavy atom. The van der Waals surface area contributed by atoms with Crippen molar-refractivity contribution in [3.63, 3.8) is 0 Å². The van der Waals surface area contributed by atoms with Gasteiger partial charge in [0, 0.05) is 5.33 Å². The maximum atomic E-state index is 3.44. The molecule has 0 saturated heterocycles. The highest BCUT2D eigenvalue weighted by Gasteiger charge is 2.44. The molecule has 1 atom stereocenters. The first-order valence-electron chi connectivity index (χ1n) is 3.73. The highest BCUT2D eigenvalue weighted by Crippen LogP contribution is 2.53. The van der Waals surface area contributed by atoms with Gasteiger partial charge in [-0.2, -0.15) is 0 Å². The van der Waals surface area contributed by atoms with Crippen LogP contribution in [0.25, 0.3) is 0 Å². The third kappa shape index (κ3) is 1.96. The Morgan fingerprint density at radius 1 is 1.56 bits per heavy atom. The van der Waals surface area contributed by atoms with Crippen LogP contribution < -0.4 is 0 Å². The summed E-state index contributed by atoms with van der Waals surface area (Å²) < 4.78 is 0. The fourth-order valence-corrected chi connectivity index (χ4v) is 1.72. The molecule has 0 spiro atoms. The van der Waals surface area contributed by atoms with E-state index in [4.69, 9.17) is 0 Å². The van der Waals surface area contributed by atoms with Crippen molar-refractivity contribution < 1.29 is 0 Å². The van der Waals surface area contributed by atoms with E-state index in [0.717, 1.165) is 5.92 Å². The van der Waals surface area contributed by atoms with Crippen LogP contribution >= 0.6 is 15.9 Å². The molecule has 0 amide bonds. The van der Waals surface area contributed by atoms with Crippen molar-refractivity contribution in [2.24, 2.45) is 11.3 Å². The topological polar surface area (TPSA) is 0 Å². The van der Waals surface area contributed by atoms with E-state index < -0.39 is 0 Å². The van der Waals surface area contributed by atoms with E-state index in [1.54, 1.807) is 0 Å². The van der Waals surface area contributed by atoms with Crippen molar-refractivity contribution in [1.29, 1.82) is 0 Å². The molecule has 54 valence electrons. The minimum absolute atomic E-state index is 0.697. The van der Waals surface area contributed by atoms with Crippen molar-refractivity contribution in [3.05, 3.63) is 0 Å². The lowest BCUT2D eigenvalue weighted by molar-refractivity contribution is 0.530. The monoisotopic (exact) mass is 190 g/mol. The molecule has 1 aliphatic rings. The summed E-state index contributed by atoms with van der Waals surface area (Å²) in [6.07, 6.45) is 4.24. The quantitative estimate of drug-likeness (QED) is 0.601. The van der Waals surface area contributed by atoms with Crippen molar-refractivity contribution in [1.82, 2.24) is 0 Å². The molecule has 0 heterocycles. The molecule has 0 unspecified atom stereocenters. The molecule has 0 nitrogen and oxygen atoms in total. The maximum Gasteiger partial charge on any atom is 0.00314 e. The van der Waals surface area contributed by atoms with Gasteiger partial charge in [0.05, 0.1) is 0 Å². The summed E-state index contributed by atoms with van der Waals surface area (Å²) in [6.45, 7) is 4.73. The van der Waals surface area contributed by atoms with Crippen molar-refractivity contribution in [3.8, 4) is 0 Å². The van der Waals surface area contributed by atoms with Crippen LogP contribution in [0.4, 0.5) is 0 Å². The van der Waals surface area contributed by atoms with Crippen LogP contribution in [0.15, 0.2) is 0 Å². The van der Waals surface area contributed by atoms with Gasteiger partial charge in [0.25, 0.3) is 0 Å². The Balaban J connectivity index is 2.06. The standard InChI is InChI=1S/C8H15Br/c1-8(2)6-7(8)4-3-5-9/h7H,3-6H2,1-2H3/t7-/m0/s1. The smallest absolute Gasteiger partial charge is 0.00314 e. The second kappa shape index (κ2) is 2.61. The summed E-state index contributed by atoms with van der Waals surface area (Å²) in [7, 11) is 0. The van der Waals surface area contributed by atoms with Gasteiger partial charge in [-0.3, -0.25) is 0 Å². The average Bonchev–Trinajstić information content (AvgIpc) is 2.35. The van der Waals surface area contributed by atoms with Crippen molar-refractivity contribution >= 4 is 15.9 Å². The molecule has 9 heavy (non-hydrogen) atoms. The predicted molar refractivity (Wildman–Crippen MR) is 44.9 cm³/mol. The number of halogens is 1. The molecular weight excluding hydrogens is 176 g/mol. The van der Waals surface area contributed by atoms with E-state index >= 15 is 0 Å². The first-order valence-corrected chi connectivity index (χ1v) is 4.85. The molecule has 1 saturated carbocycles. The van der Waals surface area contributed by atoms with Crippen LogP contribution in [-0.2, 0) is 0 Å². The van der Waals surface area contributed by atoms with Gasteiger partial charge < -0.3 is 0 Å².